The second kappa shape index (κ2) is 7.29. The number of halogens is 1. The monoisotopic (exact) mass is 369 g/mol. The number of carbonyl (C=O) groups is 1. The molecule has 9 heteroatoms. The number of aryl methyl sites for hydroxylation is 1. The van der Waals surface area contributed by atoms with Crippen LogP contribution in [0.1, 0.15) is 11.3 Å². The van der Waals surface area contributed by atoms with E-state index in [9.17, 15) is 9.59 Å². The van der Waals surface area contributed by atoms with Gasteiger partial charge in [0.15, 0.2) is 0 Å². The molecule has 8 nitrogen and oxygen atoms in total. The number of nitriles is 1. The van der Waals surface area contributed by atoms with Crippen molar-refractivity contribution in [3.63, 3.8) is 0 Å². The molecule has 0 saturated heterocycles. The molecule has 1 aliphatic rings. The minimum Gasteiger partial charge on any atom is -0.450 e. The summed E-state index contributed by atoms with van der Waals surface area (Å²) in [5.41, 5.74) is 0.281. The number of hydrogen-bond donors (Lipinski definition) is 0. The Bertz CT molecular complexity index is 1020. The Morgan fingerprint density at radius 3 is 2.85 bits per heavy atom. The van der Waals surface area contributed by atoms with Crippen LogP contribution in [0.2, 0.25) is 5.02 Å². The molecule has 1 aromatic heterocycles. The molecule has 0 saturated carbocycles. The summed E-state index contributed by atoms with van der Waals surface area (Å²) in [5, 5.41) is 16.6. The van der Waals surface area contributed by atoms with Gasteiger partial charge in [0.2, 0.25) is 5.75 Å². The molecule has 0 fully saturated rings. The molecular formula is C17H12ClN5O3. The normalized spacial score (nSPS) is 15.7. The van der Waals surface area contributed by atoms with Crippen LogP contribution in [0.4, 0.5) is 0 Å². The van der Waals surface area contributed by atoms with E-state index in [2.05, 4.69) is 15.2 Å². The zero-order valence-corrected chi connectivity index (χ0v) is 14.3. The van der Waals surface area contributed by atoms with Gasteiger partial charge in [-0.1, -0.05) is 17.7 Å². The Balaban J connectivity index is 1.91. The summed E-state index contributed by atoms with van der Waals surface area (Å²) in [6.07, 6.45) is 4.25. The number of amides is 1. The predicted octanol–water partition coefficient (Wildman–Crippen LogP) is 2.79. The van der Waals surface area contributed by atoms with Crippen LogP contribution in [-0.4, -0.2) is 21.5 Å². The molecule has 1 amide bonds. The van der Waals surface area contributed by atoms with Crippen molar-refractivity contribution in [1.29, 1.82) is 5.26 Å². The second-order valence-electron chi connectivity index (χ2n) is 5.49. The zero-order valence-electron chi connectivity index (χ0n) is 13.6. The molecule has 2 heterocycles. The van der Waals surface area contributed by atoms with Crippen molar-refractivity contribution in [3.8, 4) is 17.6 Å². The van der Waals surface area contributed by atoms with E-state index in [1.807, 2.05) is 6.07 Å². The Kier molecular flexibility index (Phi) is 4.91. The van der Waals surface area contributed by atoms with Crippen LogP contribution in [0.5, 0.6) is 11.5 Å². The average Bonchev–Trinajstić information content (AvgIpc) is 2.62. The van der Waals surface area contributed by atoms with Gasteiger partial charge in [0.25, 0.3) is 11.5 Å². The second-order valence-corrected chi connectivity index (χ2v) is 5.92. The van der Waals surface area contributed by atoms with Crippen LogP contribution in [0.15, 0.2) is 51.7 Å². The molecule has 0 aliphatic carbocycles. The number of nitrogens with zero attached hydrogens (tertiary/aromatic N) is 5. The maximum Gasteiger partial charge on any atom is 0.296 e. The maximum atomic E-state index is 12.7. The molecule has 0 bridgehead atoms. The van der Waals surface area contributed by atoms with Gasteiger partial charge in [0.1, 0.15) is 11.8 Å². The molecule has 1 aromatic carbocycles. The molecule has 1 aliphatic heterocycles. The smallest absolute Gasteiger partial charge is 0.296 e. The highest BCUT2D eigenvalue weighted by atomic mass is 35.5. The number of benzene rings is 1. The van der Waals surface area contributed by atoms with Gasteiger partial charge in [-0.3, -0.25) is 14.2 Å². The first-order chi connectivity index (χ1) is 12.5. The Hall–Kier alpha value is -3.31. The minimum absolute atomic E-state index is 0.0199. The number of azo groups is 1. The third-order valence-electron chi connectivity index (χ3n) is 3.54. The summed E-state index contributed by atoms with van der Waals surface area (Å²) in [7, 11) is 0. The SMILES string of the molecule is Cc1ncn(CC2C=CC(=O)N=N2)c(=O)c1Oc1cc(Cl)cc(C#N)c1. The highest BCUT2D eigenvalue weighted by Crippen LogP contribution is 2.25. The molecule has 0 N–H and O–H groups in total. The van der Waals surface area contributed by atoms with E-state index in [4.69, 9.17) is 21.6 Å². The fraction of sp³-hybridized carbons (Fsp3) is 0.176. The van der Waals surface area contributed by atoms with Crippen LogP contribution >= 0.6 is 11.6 Å². The number of carbonyl (C=O) groups excluding carboxylic acids is 1. The highest BCUT2D eigenvalue weighted by molar-refractivity contribution is 6.30. The van der Waals surface area contributed by atoms with Crippen LogP contribution in [0, 0.1) is 18.3 Å². The van der Waals surface area contributed by atoms with Gasteiger partial charge in [-0.15, -0.1) is 5.11 Å². The van der Waals surface area contributed by atoms with Crippen molar-refractivity contribution in [2.45, 2.75) is 19.5 Å². The third kappa shape index (κ3) is 3.84. The number of aromatic nitrogens is 2. The average molecular weight is 370 g/mol. The lowest BCUT2D eigenvalue weighted by molar-refractivity contribution is -0.114. The molecule has 1 atom stereocenters. The molecule has 26 heavy (non-hydrogen) atoms. The molecule has 130 valence electrons. The molecule has 3 rings (SSSR count). The first-order valence-electron chi connectivity index (χ1n) is 7.54. The van der Waals surface area contributed by atoms with Crippen LogP contribution < -0.4 is 10.3 Å². The summed E-state index contributed by atoms with van der Waals surface area (Å²) in [6, 6.07) is 6.00. The van der Waals surface area contributed by atoms with Crippen molar-refractivity contribution in [2.75, 3.05) is 0 Å². The predicted molar refractivity (Wildman–Crippen MR) is 92.3 cm³/mol. The van der Waals surface area contributed by atoms with Gasteiger partial charge in [-0.05, 0) is 25.1 Å². The number of hydrogen-bond acceptors (Lipinski definition) is 6. The molecule has 1 unspecified atom stereocenters. The lowest BCUT2D eigenvalue weighted by atomic mass is 10.2. The van der Waals surface area contributed by atoms with Gasteiger partial charge >= 0.3 is 0 Å². The van der Waals surface area contributed by atoms with E-state index in [0.717, 1.165) is 0 Å². The van der Waals surface area contributed by atoms with Gasteiger partial charge in [-0.2, -0.15) is 10.4 Å². The fourth-order valence-corrected chi connectivity index (χ4v) is 2.52. The lowest BCUT2D eigenvalue weighted by Crippen LogP contribution is -2.27. The molecular weight excluding hydrogens is 358 g/mol. The highest BCUT2D eigenvalue weighted by Gasteiger charge is 2.16. The Morgan fingerprint density at radius 2 is 2.15 bits per heavy atom. The van der Waals surface area contributed by atoms with Crippen LogP contribution in [0.3, 0.4) is 0 Å². The van der Waals surface area contributed by atoms with Crippen molar-refractivity contribution >= 4 is 17.5 Å². The number of rotatable bonds is 4. The minimum atomic E-state index is -0.445. The number of ether oxygens (including phenoxy) is 1. The van der Waals surface area contributed by atoms with Crippen LogP contribution in [-0.2, 0) is 11.3 Å². The summed E-state index contributed by atoms with van der Waals surface area (Å²) in [5.74, 6) is -0.156. The van der Waals surface area contributed by atoms with Gasteiger partial charge < -0.3 is 4.74 Å². The van der Waals surface area contributed by atoms with Gasteiger partial charge in [0.05, 0.1) is 30.2 Å². The fourth-order valence-electron chi connectivity index (χ4n) is 2.30. The van der Waals surface area contributed by atoms with E-state index < -0.39 is 17.5 Å². The van der Waals surface area contributed by atoms with Crippen molar-refractivity contribution in [2.24, 2.45) is 10.2 Å². The van der Waals surface area contributed by atoms with E-state index in [0.29, 0.717) is 16.3 Å². The summed E-state index contributed by atoms with van der Waals surface area (Å²) in [6.45, 7) is 1.80. The molecule has 0 radical (unpaired) electrons. The van der Waals surface area contributed by atoms with E-state index >= 15 is 0 Å². The van der Waals surface area contributed by atoms with Crippen molar-refractivity contribution < 1.29 is 9.53 Å². The van der Waals surface area contributed by atoms with E-state index in [1.54, 1.807) is 13.0 Å². The standard InChI is InChI=1S/C17H12ClN5O3/c1-10-16(26-14-5-11(7-19)4-12(18)6-14)17(25)23(9-20-10)8-13-2-3-15(24)22-21-13/h2-6,9,13H,8H2,1H3. The summed E-state index contributed by atoms with van der Waals surface area (Å²) in [4.78, 5) is 27.9. The summed E-state index contributed by atoms with van der Waals surface area (Å²) >= 11 is 5.96. The summed E-state index contributed by atoms with van der Waals surface area (Å²) < 4.78 is 6.97. The molecule has 0 spiro atoms. The Morgan fingerprint density at radius 1 is 1.35 bits per heavy atom. The van der Waals surface area contributed by atoms with Crippen molar-refractivity contribution in [3.05, 3.63) is 63.3 Å². The lowest BCUT2D eigenvalue weighted by Gasteiger charge is -2.14. The Labute approximate surface area is 153 Å². The van der Waals surface area contributed by atoms with Crippen LogP contribution in [0.25, 0.3) is 0 Å². The van der Waals surface area contributed by atoms with E-state index in [1.165, 1.54) is 35.2 Å². The zero-order chi connectivity index (χ0) is 18.7. The molecule has 2 aromatic rings. The quantitative estimate of drug-likeness (QED) is 0.822. The van der Waals surface area contributed by atoms with Gasteiger partial charge in [0, 0.05) is 11.1 Å². The van der Waals surface area contributed by atoms with Gasteiger partial charge in [-0.25, -0.2) is 4.98 Å². The van der Waals surface area contributed by atoms with Crippen molar-refractivity contribution in [1.82, 2.24) is 9.55 Å². The van der Waals surface area contributed by atoms with E-state index in [-0.39, 0.29) is 18.0 Å². The first kappa shape index (κ1) is 17.5. The third-order valence-corrected chi connectivity index (χ3v) is 3.76. The largest absolute Gasteiger partial charge is 0.450 e. The maximum absolute atomic E-state index is 12.7. The first-order valence-corrected chi connectivity index (χ1v) is 7.91. The topological polar surface area (TPSA) is 110 Å².